The molecule has 1 aromatic rings. The summed E-state index contributed by atoms with van der Waals surface area (Å²) in [6.45, 7) is 1.64. The molecule has 1 saturated carbocycles. The van der Waals surface area contributed by atoms with Crippen molar-refractivity contribution in [3.8, 4) is 0 Å². The Labute approximate surface area is 130 Å². The fraction of sp³-hybridized carbons (Fsp3) is 0.529. The third kappa shape index (κ3) is 2.99. The lowest BCUT2D eigenvalue weighted by Gasteiger charge is -2.34. The van der Waals surface area contributed by atoms with Gasteiger partial charge in [-0.3, -0.25) is 9.59 Å². The molecule has 0 aromatic heterocycles. The minimum absolute atomic E-state index is 0.0292. The molecule has 0 spiro atoms. The SMILES string of the molecule is NC(=O)C1(C(=O)N2CCOC(CCc3ccccc3)C2)CC1. The Hall–Kier alpha value is -1.88. The number of primary amides is 1. The Bertz CT molecular complexity index is 554. The molecular formula is C17H22N2O3. The fourth-order valence-electron chi connectivity index (χ4n) is 3.04. The molecule has 1 aliphatic heterocycles. The maximum Gasteiger partial charge on any atom is 0.238 e. The molecule has 22 heavy (non-hydrogen) atoms. The summed E-state index contributed by atoms with van der Waals surface area (Å²) < 4.78 is 5.76. The number of ether oxygens (including phenoxy) is 1. The topological polar surface area (TPSA) is 72.6 Å². The summed E-state index contributed by atoms with van der Waals surface area (Å²) in [6, 6.07) is 10.2. The Kier molecular flexibility index (Phi) is 4.16. The van der Waals surface area contributed by atoms with Gasteiger partial charge in [-0.05, 0) is 31.2 Å². The largest absolute Gasteiger partial charge is 0.375 e. The van der Waals surface area contributed by atoms with Crippen molar-refractivity contribution in [2.24, 2.45) is 11.1 Å². The second-order valence-electron chi connectivity index (χ2n) is 6.21. The molecular weight excluding hydrogens is 280 g/mol. The molecule has 1 heterocycles. The number of nitrogens with zero attached hydrogens (tertiary/aromatic N) is 1. The fourth-order valence-corrected chi connectivity index (χ4v) is 3.04. The number of aryl methyl sites for hydroxylation is 1. The first-order chi connectivity index (χ1) is 10.6. The number of hydrogen-bond donors (Lipinski definition) is 1. The lowest BCUT2D eigenvalue weighted by atomic mass is 10.0. The van der Waals surface area contributed by atoms with Gasteiger partial charge in [-0.1, -0.05) is 30.3 Å². The van der Waals surface area contributed by atoms with Crippen molar-refractivity contribution in [1.82, 2.24) is 4.90 Å². The zero-order valence-electron chi connectivity index (χ0n) is 12.7. The number of carbonyl (C=O) groups is 2. The second-order valence-corrected chi connectivity index (χ2v) is 6.21. The molecule has 2 N–H and O–H groups in total. The lowest BCUT2D eigenvalue weighted by Crippen LogP contribution is -2.51. The van der Waals surface area contributed by atoms with Crippen LogP contribution in [0, 0.1) is 5.41 Å². The molecule has 1 saturated heterocycles. The summed E-state index contributed by atoms with van der Waals surface area (Å²) in [6.07, 6.45) is 3.01. The Balaban J connectivity index is 1.55. The van der Waals surface area contributed by atoms with Gasteiger partial charge in [0.1, 0.15) is 5.41 Å². The minimum atomic E-state index is -0.915. The predicted octanol–water partition coefficient (Wildman–Crippen LogP) is 1.11. The van der Waals surface area contributed by atoms with Crippen molar-refractivity contribution in [3.63, 3.8) is 0 Å². The number of carbonyl (C=O) groups excluding carboxylic acids is 2. The molecule has 118 valence electrons. The van der Waals surface area contributed by atoms with E-state index in [9.17, 15) is 9.59 Å². The van der Waals surface area contributed by atoms with Crippen molar-refractivity contribution >= 4 is 11.8 Å². The van der Waals surface area contributed by atoms with E-state index < -0.39 is 11.3 Å². The van der Waals surface area contributed by atoms with E-state index in [0.29, 0.717) is 32.5 Å². The van der Waals surface area contributed by atoms with E-state index in [1.807, 2.05) is 18.2 Å². The first kappa shape index (κ1) is 15.0. The van der Waals surface area contributed by atoms with Crippen LogP contribution in [0.15, 0.2) is 30.3 Å². The highest BCUT2D eigenvalue weighted by atomic mass is 16.5. The van der Waals surface area contributed by atoms with Crippen molar-refractivity contribution in [2.45, 2.75) is 31.8 Å². The second kappa shape index (κ2) is 6.08. The molecule has 1 unspecified atom stereocenters. The molecule has 0 bridgehead atoms. The molecule has 3 rings (SSSR count). The van der Waals surface area contributed by atoms with Crippen molar-refractivity contribution in [1.29, 1.82) is 0 Å². The van der Waals surface area contributed by atoms with E-state index >= 15 is 0 Å². The number of benzene rings is 1. The van der Waals surface area contributed by atoms with Crippen LogP contribution in [-0.2, 0) is 20.7 Å². The van der Waals surface area contributed by atoms with E-state index in [1.165, 1.54) is 5.56 Å². The van der Waals surface area contributed by atoms with Crippen LogP contribution < -0.4 is 5.73 Å². The third-order valence-corrected chi connectivity index (χ3v) is 4.65. The molecule has 1 aromatic carbocycles. The highest BCUT2D eigenvalue weighted by Gasteiger charge is 2.57. The summed E-state index contributed by atoms with van der Waals surface area (Å²) in [5.41, 5.74) is 5.75. The van der Waals surface area contributed by atoms with Crippen molar-refractivity contribution < 1.29 is 14.3 Å². The van der Waals surface area contributed by atoms with Crippen LogP contribution in [-0.4, -0.2) is 42.5 Å². The zero-order valence-corrected chi connectivity index (χ0v) is 12.7. The van der Waals surface area contributed by atoms with Gasteiger partial charge in [-0.15, -0.1) is 0 Å². The van der Waals surface area contributed by atoms with Crippen LogP contribution in [0.3, 0.4) is 0 Å². The van der Waals surface area contributed by atoms with Crippen LogP contribution in [0.1, 0.15) is 24.8 Å². The van der Waals surface area contributed by atoms with Gasteiger partial charge in [0.05, 0.1) is 12.7 Å². The smallest absolute Gasteiger partial charge is 0.238 e. The van der Waals surface area contributed by atoms with E-state index in [1.54, 1.807) is 4.90 Å². The van der Waals surface area contributed by atoms with E-state index in [4.69, 9.17) is 10.5 Å². The average Bonchev–Trinajstić information content (AvgIpc) is 3.35. The molecule has 1 atom stereocenters. The maximum absolute atomic E-state index is 12.5. The molecule has 1 aliphatic carbocycles. The van der Waals surface area contributed by atoms with Gasteiger partial charge in [-0.25, -0.2) is 0 Å². The Morgan fingerprint density at radius 3 is 2.64 bits per heavy atom. The Morgan fingerprint density at radius 2 is 2.00 bits per heavy atom. The van der Waals surface area contributed by atoms with Gasteiger partial charge in [0.2, 0.25) is 11.8 Å². The summed E-state index contributed by atoms with van der Waals surface area (Å²) in [5, 5.41) is 0. The van der Waals surface area contributed by atoms with E-state index in [-0.39, 0.29) is 12.0 Å². The van der Waals surface area contributed by atoms with Gasteiger partial charge >= 0.3 is 0 Å². The zero-order chi connectivity index (χ0) is 15.6. The number of hydrogen-bond acceptors (Lipinski definition) is 3. The summed E-state index contributed by atoms with van der Waals surface area (Å²) >= 11 is 0. The van der Waals surface area contributed by atoms with Crippen LogP contribution in [0.2, 0.25) is 0 Å². The van der Waals surface area contributed by atoms with Gasteiger partial charge < -0.3 is 15.4 Å². The summed E-state index contributed by atoms with van der Waals surface area (Å²) in [5.74, 6) is -0.585. The van der Waals surface area contributed by atoms with Crippen LogP contribution in [0.25, 0.3) is 0 Å². The maximum atomic E-state index is 12.5. The number of amides is 2. The summed E-state index contributed by atoms with van der Waals surface area (Å²) in [4.78, 5) is 25.8. The quantitative estimate of drug-likeness (QED) is 0.828. The van der Waals surface area contributed by atoms with Crippen molar-refractivity contribution in [2.75, 3.05) is 19.7 Å². The Morgan fingerprint density at radius 1 is 1.27 bits per heavy atom. The molecule has 2 fully saturated rings. The molecule has 5 heteroatoms. The van der Waals surface area contributed by atoms with Gasteiger partial charge in [0.25, 0.3) is 0 Å². The van der Waals surface area contributed by atoms with Crippen molar-refractivity contribution in [3.05, 3.63) is 35.9 Å². The highest BCUT2D eigenvalue weighted by Crippen LogP contribution is 2.47. The standard InChI is InChI=1S/C17H22N2O3/c18-15(20)17(8-9-17)16(21)19-10-11-22-14(12-19)7-6-13-4-2-1-3-5-13/h1-5,14H,6-12H2,(H2,18,20). The number of morpholine rings is 1. The first-order valence-electron chi connectivity index (χ1n) is 7.87. The highest BCUT2D eigenvalue weighted by molar-refractivity contribution is 6.07. The van der Waals surface area contributed by atoms with E-state index in [0.717, 1.165) is 12.8 Å². The van der Waals surface area contributed by atoms with Crippen LogP contribution in [0.5, 0.6) is 0 Å². The molecule has 0 radical (unpaired) electrons. The molecule has 2 amide bonds. The van der Waals surface area contributed by atoms with Gasteiger partial charge in [0.15, 0.2) is 0 Å². The number of rotatable bonds is 5. The number of nitrogens with two attached hydrogens (primary N) is 1. The first-order valence-corrected chi connectivity index (χ1v) is 7.87. The third-order valence-electron chi connectivity index (χ3n) is 4.65. The molecule has 5 nitrogen and oxygen atoms in total. The summed E-state index contributed by atoms with van der Waals surface area (Å²) in [7, 11) is 0. The predicted molar refractivity (Wildman–Crippen MR) is 81.9 cm³/mol. The van der Waals surface area contributed by atoms with Crippen LogP contribution >= 0.6 is 0 Å². The minimum Gasteiger partial charge on any atom is -0.375 e. The van der Waals surface area contributed by atoms with E-state index in [2.05, 4.69) is 12.1 Å². The van der Waals surface area contributed by atoms with Gasteiger partial charge in [0, 0.05) is 13.1 Å². The monoisotopic (exact) mass is 302 g/mol. The van der Waals surface area contributed by atoms with Crippen LogP contribution in [0.4, 0.5) is 0 Å². The lowest BCUT2D eigenvalue weighted by molar-refractivity contribution is -0.149. The normalized spacial score (nSPS) is 23.1. The molecule has 2 aliphatic rings. The van der Waals surface area contributed by atoms with Gasteiger partial charge in [-0.2, -0.15) is 0 Å². The average molecular weight is 302 g/mol.